The molecule has 1 aliphatic rings. The molecular weight excluding hydrogens is 340 g/mol. The average Bonchev–Trinajstić information content (AvgIpc) is 3.21. The fraction of sp³-hybridized carbons (Fsp3) is 0.471. The third-order valence-electron chi connectivity index (χ3n) is 4.24. The van der Waals surface area contributed by atoms with Crippen LogP contribution in [0.1, 0.15) is 18.7 Å². The summed E-state index contributed by atoms with van der Waals surface area (Å²) in [4.78, 5) is 10.2. The highest BCUT2D eigenvalue weighted by molar-refractivity contribution is 9.10. The maximum atomic E-state index is 4.48. The average molecular weight is 363 g/mol. The van der Waals surface area contributed by atoms with Crippen LogP contribution in [0.15, 0.2) is 34.9 Å². The van der Waals surface area contributed by atoms with E-state index in [4.69, 9.17) is 0 Å². The number of imidazole rings is 1. The van der Waals surface area contributed by atoms with Gasteiger partial charge < -0.3 is 15.2 Å². The van der Waals surface area contributed by atoms with E-state index in [1.807, 2.05) is 18.3 Å². The third-order valence-corrected chi connectivity index (χ3v) is 4.73. The highest BCUT2D eigenvalue weighted by Crippen LogP contribution is 2.34. The van der Waals surface area contributed by atoms with Crippen LogP contribution in [0.5, 0.6) is 0 Å². The third kappa shape index (κ3) is 3.97. The van der Waals surface area contributed by atoms with Crippen molar-refractivity contribution in [1.82, 2.24) is 20.2 Å². The minimum absolute atomic E-state index is 0.638. The molecule has 0 radical (unpaired) electrons. The summed E-state index contributed by atoms with van der Waals surface area (Å²) in [5.41, 5.74) is 2.21. The lowest BCUT2D eigenvalue weighted by Gasteiger charge is -2.24. The summed E-state index contributed by atoms with van der Waals surface area (Å²) >= 11 is 3.51. The Bertz CT molecular complexity index is 617. The van der Waals surface area contributed by atoms with Gasteiger partial charge in [-0.15, -0.1) is 0 Å². The van der Waals surface area contributed by atoms with Crippen LogP contribution in [-0.2, 0) is 6.54 Å². The van der Waals surface area contributed by atoms with Crippen molar-refractivity contribution in [3.63, 3.8) is 0 Å². The van der Waals surface area contributed by atoms with Crippen LogP contribution in [0.4, 0.5) is 0 Å². The number of likely N-dealkylation sites (N-methyl/N-ethyl adjacent to an activating group) is 1. The van der Waals surface area contributed by atoms with Crippen LogP contribution in [-0.4, -0.2) is 41.5 Å². The van der Waals surface area contributed by atoms with Gasteiger partial charge >= 0.3 is 0 Å². The van der Waals surface area contributed by atoms with Gasteiger partial charge in [-0.25, -0.2) is 4.98 Å². The van der Waals surface area contributed by atoms with E-state index in [0.29, 0.717) is 6.04 Å². The van der Waals surface area contributed by atoms with Crippen LogP contribution in [0.25, 0.3) is 11.3 Å². The molecule has 1 aromatic carbocycles. The van der Waals surface area contributed by atoms with Crippen molar-refractivity contribution in [3.8, 4) is 11.3 Å². The number of rotatable bonds is 7. The number of benzene rings is 1. The minimum Gasteiger partial charge on any atom is -0.341 e. The topological polar surface area (TPSA) is 44.0 Å². The molecule has 1 aromatic heterocycles. The summed E-state index contributed by atoms with van der Waals surface area (Å²) < 4.78 is 1.08. The van der Waals surface area contributed by atoms with Gasteiger partial charge in [0.2, 0.25) is 0 Å². The van der Waals surface area contributed by atoms with Crippen LogP contribution in [0.3, 0.4) is 0 Å². The SMILES string of the molecule is CN(C)C(CNCc1ncc(-c2cccc(Br)c2)[nH]1)C1CC1. The van der Waals surface area contributed by atoms with Gasteiger partial charge in [0.15, 0.2) is 0 Å². The van der Waals surface area contributed by atoms with Crippen molar-refractivity contribution >= 4 is 15.9 Å². The highest BCUT2D eigenvalue weighted by Gasteiger charge is 2.32. The molecule has 1 atom stereocenters. The molecule has 0 saturated heterocycles. The van der Waals surface area contributed by atoms with Crippen molar-refractivity contribution in [2.45, 2.75) is 25.4 Å². The van der Waals surface area contributed by atoms with Gasteiger partial charge in [-0.1, -0.05) is 28.1 Å². The molecule has 22 heavy (non-hydrogen) atoms. The number of nitrogens with zero attached hydrogens (tertiary/aromatic N) is 2. The molecule has 5 heteroatoms. The number of halogens is 1. The first kappa shape index (κ1) is 15.7. The second-order valence-corrected chi connectivity index (χ2v) is 7.17. The molecule has 2 N–H and O–H groups in total. The van der Waals surface area contributed by atoms with E-state index in [0.717, 1.165) is 40.6 Å². The zero-order valence-corrected chi connectivity index (χ0v) is 14.7. The molecule has 3 rings (SSSR count). The van der Waals surface area contributed by atoms with Crippen LogP contribution >= 0.6 is 15.9 Å². The van der Waals surface area contributed by atoms with Crippen molar-refractivity contribution < 1.29 is 0 Å². The molecule has 0 aliphatic heterocycles. The van der Waals surface area contributed by atoms with E-state index in [2.05, 4.69) is 62.3 Å². The Morgan fingerprint density at radius 1 is 1.41 bits per heavy atom. The number of nitrogens with one attached hydrogen (secondary N) is 2. The van der Waals surface area contributed by atoms with Gasteiger partial charge in [0.05, 0.1) is 18.4 Å². The number of aromatic nitrogens is 2. The van der Waals surface area contributed by atoms with E-state index < -0.39 is 0 Å². The summed E-state index contributed by atoms with van der Waals surface area (Å²) in [6, 6.07) is 8.89. The highest BCUT2D eigenvalue weighted by atomic mass is 79.9. The van der Waals surface area contributed by atoms with Gasteiger partial charge in [-0.3, -0.25) is 0 Å². The minimum atomic E-state index is 0.638. The van der Waals surface area contributed by atoms with E-state index in [1.165, 1.54) is 12.8 Å². The van der Waals surface area contributed by atoms with E-state index in [1.54, 1.807) is 0 Å². The lowest BCUT2D eigenvalue weighted by Crippen LogP contribution is -2.39. The van der Waals surface area contributed by atoms with Crippen LogP contribution in [0.2, 0.25) is 0 Å². The summed E-state index contributed by atoms with van der Waals surface area (Å²) in [6.45, 7) is 1.80. The summed E-state index contributed by atoms with van der Waals surface area (Å²) in [5, 5.41) is 3.54. The molecule has 1 fully saturated rings. The Morgan fingerprint density at radius 2 is 2.23 bits per heavy atom. The standard InChI is InChI=1S/C17H23BrN4/c1-22(2)16(12-6-7-12)10-19-11-17-20-9-15(21-17)13-4-3-5-14(18)8-13/h3-5,8-9,12,16,19H,6-7,10-11H2,1-2H3,(H,20,21). The fourth-order valence-corrected chi connectivity index (χ4v) is 3.24. The Balaban J connectivity index is 1.55. The Labute approximate surface area is 140 Å². The Hall–Kier alpha value is -1.17. The number of hydrogen-bond donors (Lipinski definition) is 2. The van der Waals surface area contributed by atoms with E-state index >= 15 is 0 Å². The molecule has 118 valence electrons. The quantitative estimate of drug-likeness (QED) is 0.794. The molecule has 1 saturated carbocycles. The Morgan fingerprint density at radius 3 is 2.91 bits per heavy atom. The summed E-state index contributed by atoms with van der Waals surface area (Å²) in [7, 11) is 4.34. The second-order valence-electron chi connectivity index (χ2n) is 6.25. The molecule has 0 amide bonds. The van der Waals surface area contributed by atoms with E-state index in [9.17, 15) is 0 Å². The first-order valence-corrected chi connectivity index (χ1v) is 8.60. The predicted octanol–water partition coefficient (Wildman–Crippen LogP) is 3.27. The maximum absolute atomic E-state index is 4.48. The van der Waals surface area contributed by atoms with Crippen LogP contribution in [0, 0.1) is 5.92 Å². The monoisotopic (exact) mass is 362 g/mol. The summed E-state index contributed by atoms with van der Waals surface area (Å²) in [6.07, 6.45) is 4.65. The Kier molecular flexibility index (Phi) is 4.96. The predicted molar refractivity (Wildman–Crippen MR) is 93.6 cm³/mol. The zero-order valence-electron chi connectivity index (χ0n) is 13.1. The number of aromatic amines is 1. The molecule has 0 bridgehead atoms. The smallest absolute Gasteiger partial charge is 0.120 e. The molecular formula is C17H23BrN4. The van der Waals surface area contributed by atoms with E-state index in [-0.39, 0.29) is 0 Å². The first-order chi connectivity index (χ1) is 10.6. The van der Waals surface area contributed by atoms with Gasteiger partial charge in [0, 0.05) is 22.6 Å². The normalized spacial score (nSPS) is 16.2. The molecule has 2 aromatic rings. The van der Waals surface area contributed by atoms with Crippen LogP contribution < -0.4 is 5.32 Å². The second kappa shape index (κ2) is 6.94. The number of H-pyrrole nitrogens is 1. The van der Waals surface area contributed by atoms with Crippen molar-refractivity contribution in [3.05, 3.63) is 40.8 Å². The number of hydrogen-bond acceptors (Lipinski definition) is 3. The van der Waals surface area contributed by atoms with Gasteiger partial charge in [0.25, 0.3) is 0 Å². The summed E-state index contributed by atoms with van der Waals surface area (Å²) in [5.74, 6) is 1.86. The fourth-order valence-electron chi connectivity index (χ4n) is 2.85. The lowest BCUT2D eigenvalue weighted by atomic mass is 10.1. The van der Waals surface area contributed by atoms with Crippen molar-refractivity contribution in [2.75, 3.05) is 20.6 Å². The zero-order chi connectivity index (χ0) is 15.5. The van der Waals surface area contributed by atoms with Crippen molar-refractivity contribution in [1.29, 1.82) is 0 Å². The molecule has 1 heterocycles. The van der Waals surface area contributed by atoms with Gasteiger partial charge in [0.1, 0.15) is 5.82 Å². The van der Waals surface area contributed by atoms with Gasteiger partial charge in [-0.2, -0.15) is 0 Å². The maximum Gasteiger partial charge on any atom is 0.120 e. The molecule has 4 nitrogen and oxygen atoms in total. The molecule has 1 aliphatic carbocycles. The molecule has 0 spiro atoms. The van der Waals surface area contributed by atoms with Crippen molar-refractivity contribution in [2.24, 2.45) is 5.92 Å². The lowest BCUT2D eigenvalue weighted by molar-refractivity contribution is 0.255. The van der Waals surface area contributed by atoms with Gasteiger partial charge in [-0.05, 0) is 45.0 Å². The largest absolute Gasteiger partial charge is 0.341 e. The first-order valence-electron chi connectivity index (χ1n) is 7.80. The molecule has 1 unspecified atom stereocenters.